The van der Waals surface area contributed by atoms with Crippen LogP contribution in [0.15, 0.2) is 42.6 Å². The van der Waals surface area contributed by atoms with E-state index >= 15 is 0 Å². The lowest BCUT2D eigenvalue weighted by molar-refractivity contribution is -0.126. The maximum absolute atomic E-state index is 11.7. The molecule has 0 aliphatic carbocycles. The molecule has 6 heteroatoms. The van der Waals surface area contributed by atoms with E-state index < -0.39 is 0 Å². The Balaban J connectivity index is 1.72. The molecule has 0 aliphatic heterocycles. The highest BCUT2D eigenvalue weighted by molar-refractivity contribution is 5.77. The number of benzene rings is 1. The van der Waals surface area contributed by atoms with Crippen molar-refractivity contribution >= 4 is 11.9 Å². The van der Waals surface area contributed by atoms with Crippen LogP contribution in [-0.4, -0.2) is 36.6 Å². The van der Waals surface area contributed by atoms with Crippen molar-refractivity contribution in [2.45, 2.75) is 13.2 Å². The van der Waals surface area contributed by atoms with E-state index in [0.717, 1.165) is 11.3 Å². The Labute approximate surface area is 130 Å². The summed E-state index contributed by atoms with van der Waals surface area (Å²) in [4.78, 5) is 22.0. The van der Waals surface area contributed by atoms with Gasteiger partial charge in [-0.05, 0) is 11.6 Å². The first kappa shape index (κ1) is 15.9. The number of hydrogen-bond acceptors (Lipinski definition) is 5. The van der Waals surface area contributed by atoms with Crippen LogP contribution in [0.2, 0.25) is 0 Å². The second-order valence-electron chi connectivity index (χ2n) is 5.00. The Kier molecular flexibility index (Phi) is 5.85. The van der Waals surface area contributed by atoms with Gasteiger partial charge in [0.25, 0.3) is 0 Å². The lowest BCUT2D eigenvalue weighted by atomic mass is 10.2. The molecule has 2 aromatic rings. The average Bonchev–Trinajstić information content (AvgIpc) is 2.54. The molecule has 22 heavy (non-hydrogen) atoms. The van der Waals surface area contributed by atoms with Crippen LogP contribution in [0.4, 0.5) is 5.95 Å². The highest BCUT2D eigenvalue weighted by Crippen LogP contribution is 2.03. The van der Waals surface area contributed by atoms with Crippen LogP contribution in [0, 0.1) is 0 Å². The molecule has 0 saturated heterocycles. The molecule has 1 aromatic carbocycles. The molecule has 0 atom stereocenters. The zero-order valence-corrected chi connectivity index (χ0v) is 12.8. The number of rotatable bonds is 7. The average molecular weight is 300 g/mol. The largest absolute Gasteiger partial charge is 0.367 e. The fourth-order valence-corrected chi connectivity index (χ4v) is 1.77. The van der Waals surface area contributed by atoms with Gasteiger partial charge in [0.05, 0.1) is 18.8 Å². The quantitative estimate of drug-likeness (QED) is 0.836. The van der Waals surface area contributed by atoms with Gasteiger partial charge in [-0.1, -0.05) is 30.3 Å². The standard InChI is InChI=1S/C16H20N4O2/c1-20(2)16-17-9-8-14(19-16)10-18-15(21)12-22-11-13-6-4-3-5-7-13/h3-9H,10-12H2,1-2H3,(H,18,21). The van der Waals surface area contributed by atoms with Gasteiger partial charge < -0.3 is 15.0 Å². The molecule has 1 amide bonds. The SMILES string of the molecule is CN(C)c1nccc(CNC(=O)COCc2ccccc2)n1. The number of carbonyl (C=O) groups is 1. The topological polar surface area (TPSA) is 67.4 Å². The lowest BCUT2D eigenvalue weighted by Crippen LogP contribution is -2.27. The third kappa shape index (κ3) is 5.14. The van der Waals surface area contributed by atoms with Crippen molar-refractivity contribution in [3.63, 3.8) is 0 Å². The minimum Gasteiger partial charge on any atom is -0.367 e. The Hall–Kier alpha value is -2.47. The minimum absolute atomic E-state index is 0.0283. The van der Waals surface area contributed by atoms with Crippen LogP contribution in [0.1, 0.15) is 11.3 Å². The molecular weight excluding hydrogens is 280 g/mol. The van der Waals surface area contributed by atoms with Crippen LogP contribution in [0.3, 0.4) is 0 Å². The van der Waals surface area contributed by atoms with Gasteiger partial charge in [-0.3, -0.25) is 4.79 Å². The zero-order chi connectivity index (χ0) is 15.8. The van der Waals surface area contributed by atoms with Crippen molar-refractivity contribution < 1.29 is 9.53 Å². The molecule has 1 heterocycles. The third-order valence-corrected chi connectivity index (χ3v) is 2.91. The second kappa shape index (κ2) is 8.09. The van der Waals surface area contributed by atoms with E-state index in [1.54, 1.807) is 12.3 Å². The minimum atomic E-state index is -0.166. The molecule has 1 N–H and O–H groups in total. The number of ether oxygens (including phenoxy) is 1. The Morgan fingerprint density at radius 1 is 1.23 bits per heavy atom. The van der Waals surface area contributed by atoms with Crippen molar-refractivity contribution in [2.75, 3.05) is 25.6 Å². The van der Waals surface area contributed by atoms with Gasteiger partial charge in [-0.2, -0.15) is 0 Å². The fraction of sp³-hybridized carbons (Fsp3) is 0.312. The molecule has 0 radical (unpaired) electrons. The summed E-state index contributed by atoms with van der Waals surface area (Å²) >= 11 is 0. The third-order valence-electron chi connectivity index (χ3n) is 2.91. The van der Waals surface area contributed by atoms with Crippen LogP contribution in [0.25, 0.3) is 0 Å². The fourth-order valence-electron chi connectivity index (χ4n) is 1.77. The van der Waals surface area contributed by atoms with Crippen LogP contribution < -0.4 is 10.2 Å². The number of nitrogens with one attached hydrogen (secondary N) is 1. The number of amides is 1. The van der Waals surface area contributed by atoms with Crippen molar-refractivity contribution in [1.29, 1.82) is 0 Å². The predicted octanol–water partition coefficient (Wildman–Crippen LogP) is 1.38. The number of aromatic nitrogens is 2. The first-order chi connectivity index (χ1) is 10.6. The van der Waals surface area contributed by atoms with Gasteiger partial charge in [0, 0.05) is 20.3 Å². The molecule has 1 aromatic heterocycles. The molecule has 6 nitrogen and oxygen atoms in total. The number of hydrogen-bond donors (Lipinski definition) is 1. The van der Waals surface area contributed by atoms with E-state index in [2.05, 4.69) is 15.3 Å². The van der Waals surface area contributed by atoms with Crippen molar-refractivity contribution in [3.05, 3.63) is 53.9 Å². The second-order valence-corrected chi connectivity index (χ2v) is 5.00. The highest BCUT2D eigenvalue weighted by Gasteiger charge is 2.04. The maximum Gasteiger partial charge on any atom is 0.246 e. The summed E-state index contributed by atoms with van der Waals surface area (Å²) in [7, 11) is 3.74. The molecule has 0 saturated carbocycles. The molecular formula is C16H20N4O2. The van der Waals surface area contributed by atoms with Gasteiger partial charge in [0.15, 0.2) is 0 Å². The molecule has 0 bridgehead atoms. The zero-order valence-electron chi connectivity index (χ0n) is 12.8. The summed E-state index contributed by atoms with van der Waals surface area (Å²) in [6.07, 6.45) is 1.68. The number of nitrogens with zero attached hydrogens (tertiary/aromatic N) is 3. The van der Waals surface area contributed by atoms with Gasteiger partial charge in [0.2, 0.25) is 11.9 Å². The summed E-state index contributed by atoms with van der Waals surface area (Å²) < 4.78 is 5.38. The molecule has 0 spiro atoms. The van der Waals surface area contributed by atoms with E-state index in [1.807, 2.05) is 49.3 Å². The smallest absolute Gasteiger partial charge is 0.246 e. The van der Waals surface area contributed by atoms with Gasteiger partial charge >= 0.3 is 0 Å². The first-order valence-corrected chi connectivity index (χ1v) is 7.03. The molecule has 116 valence electrons. The van der Waals surface area contributed by atoms with Crippen molar-refractivity contribution in [3.8, 4) is 0 Å². The van der Waals surface area contributed by atoms with E-state index in [-0.39, 0.29) is 12.5 Å². The number of anilines is 1. The molecule has 0 unspecified atom stereocenters. The summed E-state index contributed by atoms with van der Waals surface area (Å²) in [6, 6.07) is 11.5. The maximum atomic E-state index is 11.7. The summed E-state index contributed by atoms with van der Waals surface area (Å²) in [5, 5.41) is 2.78. The summed E-state index contributed by atoms with van der Waals surface area (Å²) in [5.41, 5.74) is 1.80. The number of carbonyl (C=O) groups excluding carboxylic acids is 1. The summed E-state index contributed by atoms with van der Waals surface area (Å²) in [6.45, 7) is 0.809. The summed E-state index contributed by atoms with van der Waals surface area (Å²) in [5.74, 6) is 0.452. The van der Waals surface area contributed by atoms with Crippen molar-refractivity contribution in [1.82, 2.24) is 15.3 Å². The first-order valence-electron chi connectivity index (χ1n) is 7.03. The Bertz CT molecular complexity index is 602. The van der Waals surface area contributed by atoms with Crippen LogP contribution in [0.5, 0.6) is 0 Å². The predicted molar refractivity (Wildman–Crippen MR) is 84.3 cm³/mol. The van der Waals surface area contributed by atoms with Crippen LogP contribution in [-0.2, 0) is 22.7 Å². The van der Waals surface area contributed by atoms with E-state index in [9.17, 15) is 4.79 Å². The molecule has 0 fully saturated rings. The Morgan fingerprint density at radius 2 is 2.00 bits per heavy atom. The van der Waals surface area contributed by atoms with Gasteiger partial charge in [-0.15, -0.1) is 0 Å². The van der Waals surface area contributed by atoms with Crippen LogP contribution >= 0.6 is 0 Å². The highest BCUT2D eigenvalue weighted by atomic mass is 16.5. The van der Waals surface area contributed by atoms with Crippen molar-refractivity contribution in [2.24, 2.45) is 0 Å². The monoisotopic (exact) mass is 300 g/mol. The molecule has 0 aliphatic rings. The Morgan fingerprint density at radius 3 is 2.73 bits per heavy atom. The van der Waals surface area contributed by atoms with E-state index in [0.29, 0.717) is 19.1 Å². The van der Waals surface area contributed by atoms with Gasteiger partial charge in [0.1, 0.15) is 6.61 Å². The normalized spacial score (nSPS) is 10.3. The van der Waals surface area contributed by atoms with E-state index in [1.165, 1.54) is 0 Å². The lowest BCUT2D eigenvalue weighted by Gasteiger charge is -2.11. The van der Waals surface area contributed by atoms with E-state index in [4.69, 9.17) is 4.74 Å². The molecule has 2 rings (SSSR count). The van der Waals surface area contributed by atoms with Gasteiger partial charge in [-0.25, -0.2) is 9.97 Å².